The molecule has 1 N–H and O–H groups in total. The number of aromatic hydroxyl groups is 1. The monoisotopic (exact) mass is 371 g/mol. The molecule has 27 heavy (non-hydrogen) atoms. The van der Waals surface area contributed by atoms with Crippen LogP contribution in [0.25, 0.3) is 0 Å². The minimum Gasteiger partial charge on any atom is -0.506 e. The molecule has 0 spiro atoms. The van der Waals surface area contributed by atoms with Gasteiger partial charge in [0.1, 0.15) is 11.5 Å². The smallest absolute Gasteiger partial charge is 0.344 e. The van der Waals surface area contributed by atoms with Crippen molar-refractivity contribution in [3.05, 3.63) is 54.1 Å². The van der Waals surface area contributed by atoms with Crippen molar-refractivity contribution in [1.29, 1.82) is 0 Å². The highest BCUT2D eigenvalue weighted by molar-refractivity contribution is 5.71. The van der Waals surface area contributed by atoms with Gasteiger partial charge in [-0.15, -0.1) is 0 Å². The molecule has 2 rings (SSSR count). The van der Waals surface area contributed by atoms with Crippen LogP contribution < -0.4 is 9.64 Å². The third-order valence-electron chi connectivity index (χ3n) is 4.33. The number of esters is 1. The van der Waals surface area contributed by atoms with Gasteiger partial charge in [-0.3, -0.25) is 0 Å². The molecule has 0 bridgehead atoms. The molecule has 0 unspecified atom stereocenters. The summed E-state index contributed by atoms with van der Waals surface area (Å²) in [6.45, 7) is 6.98. The van der Waals surface area contributed by atoms with Gasteiger partial charge in [0.2, 0.25) is 0 Å². The Morgan fingerprint density at radius 2 is 1.85 bits per heavy atom. The van der Waals surface area contributed by atoms with Crippen LogP contribution in [0.3, 0.4) is 0 Å². The molecule has 0 aliphatic heterocycles. The minimum atomic E-state index is -0.427. The van der Waals surface area contributed by atoms with Crippen LogP contribution in [0.15, 0.2) is 48.5 Å². The number of benzene rings is 2. The van der Waals surface area contributed by atoms with Gasteiger partial charge >= 0.3 is 5.97 Å². The first-order valence-corrected chi connectivity index (χ1v) is 9.53. The maximum atomic E-state index is 11.4. The van der Waals surface area contributed by atoms with Gasteiger partial charge in [0, 0.05) is 12.6 Å². The third-order valence-corrected chi connectivity index (χ3v) is 4.33. The zero-order chi connectivity index (χ0) is 19.6. The number of phenolic OH excluding ortho intramolecular Hbond substituents is 1. The lowest BCUT2D eigenvalue weighted by atomic mass is 10.0. The number of ether oxygens (including phenoxy) is 2. The van der Waals surface area contributed by atoms with Crippen LogP contribution in [0.1, 0.15) is 45.2 Å². The third kappa shape index (κ3) is 5.64. The van der Waals surface area contributed by atoms with Gasteiger partial charge in [0.05, 0.1) is 18.3 Å². The van der Waals surface area contributed by atoms with Gasteiger partial charge in [-0.1, -0.05) is 44.2 Å². The molecular formula is C22H29NO4. The molecule has 5 heteroatoms. The van der Waals surface area contributed by atoms with E-state index < -0.39 is 5.97 Å². The molecule has 2 aromatic rings. The van der Waals surface area contributed by atoms with Crippen molar-refractivity contribution < 1.29 is 19.4 Å². The molecule has 1 atom stereocenters. The fourth-order valence-corrected chi connectivity index (χ4v) is 3.18. The van der Waals surface area contributed by atoms with E-state index in [0.717, 1.165) is 25.1 Å². The van der Waals surface area contributed by atoms with Crippen molar-refractivity contribution >= 4 is 11.7 Å². The summed E-state index contributed by atoms with van der Waals surface area (Å²) < 4.78 is 10.3. The van der Waals surface area contributed by atoms with Crippen LogP contribution in [0.4, 0.5) is 5.69 Å². The average Bonchev–Trinajstić information content (AvgIpc) is 2.68. The number of rotatable bonds is 10. The summed E-state index contributed by atoms with van der Waals surface area (Å²) in [6, 6.07) is 15.6. The van der Waals surface area contributed by atoms with Gasteiger partial charge in [0.15, 0.2) is 6.61 Å². The van der Waals surface area contributed by atoms with E-state index in [1.54, 1.807) is 19.1 Å². The number of anilines is 1. The largest absolute Gasteiger partial charge is 0.506 e. The van der Waals surface area contributed by atoms with Crippen LogP contribution in [0, 0.1) is 0 Å². The van der Waals surface area contributed by atoms with Crippen molar-refractivity contribution in [2.24, 2.45) is 0 Å². The predicted molar refractivity (Wildman–Crippen MR) is 107 cm³/mol. The predicted octanol–water partition coefficient (Wildman–Crippen LogP) is 4.70. The van der Waals surface area contributed by atoms with E-state index in [9.17, 15) is 9.90 Å². The molecule has 5 nitrogen and oxygen atoms in total. The normalized spacial score (nSPS) is 11.7. The van der Waals surface area contributed by atoms with E-state index in [1.807, 2.05) is 24.3 Å². The first-order chi connectivity index (χ1) is 13.1. The molecule has 0 amide bonds. The van der Waals surface area contributed by atoms with Crippen molar-refractivity contribution in [3.63, 3.8) is 0 Å². The zero-order valence-corrected chi connectivity index (χ0v) is 16.4. The van der Waals surface area contributed by atoms with Crippen LogP contribution in [-0.2, 0) is 9.53 Å². The Bertz CT molecular complexity index is 718. The lowest BCUT2D eigenvalue weighted by Crippen LogP contribution is -2.29. The molecule has 0 saturated carbocycles. The Balaban J connectivity index is 2.22. The summed E-state index contributed by atoms with van der Waals surface area (Å²) in [5, 5.41) is 10.6. The molecule has 0 heterocycles. The topological polar surface area (TPSA) is 59.0 Å². The Labute approximate surface area is 161 Å². The Morgan fingerprint density at radius 3 is 2.44 bits per heavy atom. The van der Waals surface area contributed by atoms with Crippen LogP contribution >= 0.6 is 0 Å². The van der Waals surface area contributed by atoms with Crippen molar-refractivity contribution in [2.45, 2.75) is 39.7 Å². The van der Waals surface area contributed by atoms with Gasteiger partial charge in [-0.05, 0) is 37.5 Å². The highest BCUT2D eigenvalue weighted by atomic mass is 16.6. The number of nitrogens with zero attached hydrogens (tertiary/aromatic N) is 1. The van der Waals surface area contributed by atoms with Crippen molar-refractivity contribution in [3.8, 4) is 11.5 Å². The standard InChI is InChI=1S/C22H29NO4/c1-4-14-23(19(5-2)17-10-8-7-9-11-17)20-13-12-18(15-21(20)24)27-16-22(25)26-6-3/h7-13,15,19,24H,4-6,14,16H2,1-3H3/t19-/m0/s1. The summed E-state index contributed by atoms with van der Waals surface area (Å²) >= 11 is 0. The van der Waals surface area contributed by atoms with E-state index in [4.69, 9.17) is 9.47 Å². The summed E-state index contributed by atoms with van der Waals surface area (Å²) in [4.78, 5) is 13.7. The highest BCUT2D eigenvalue weighted by Crippen LogP contribution is 2.37. The van der Waals surface area contributed by atoms with Crippen molar-refractivity contribution in [1.82, 2.24) is 0 Å². The van der Waals surface area contributed by atoms with Gasteiger partial charge in [0.25, 0.3) is 0 Å². The average molecular weight is 371 g/mol. The summed E-state index contributed by atoms with van der Waals surface area (Å²) in [5.74, 6) is 0.150. The molecular weight excluding hydrogens is 342 g/mol. The second-order valence-electron chi connectivity index (χ2n) is 6.27. The van der Waals surface area contributed by atoms with E-state index in [-0.39, 0.29) is 18.4 Å². The Hall–Kier alpha value is -2.69. The lowest BCUT2D eigenvalue weighted by molar-refractivity contribution is -0.145. The van der Waals surface area contributed by atoms with Gasteiger partial charge in [-0.25, -0.2) is 4.79 Å². The lowest BCUT2D eigenvalue weighted by Gasteiger charge is -2.34. The number of phenols is 1. The van der Waals surface area contributed by atoms with Gasteiger partial charge < -0.3 is 19.5 Å². The molecule has 0 aromatic heterocycles. The number of hydrogen-bond acceptors (Lipinski definition) is 5. The first-order valence-electron chi connectivity index (χ1n) is 9.53. The number of carbonyl (C=O) groups is 1. The summed E-state index contributed by atoms with van der Waals surface area (Å²) in [5.41, 5.74) is 1.98. The maximum absolute atomic E-state index is 11.4. The minimum absolute atomic E-state index is 0.138. The maximum Gasteiger partial charge on any atom is 0.344 e. The van der Waals surface area contributed by atoms with Crippen LogP contribution in [0.2, 0.25) is 0 Å². The van der Waals surface area contributed by atoms with E-state index in [1.165, 1.54) is 5.56 Å². The fourth-order valence-electron chi connectivity index (χ4n) is 3.18. The van der Waals surface area contributed by atoms with E-state index in [0.29, 0.717) is 12.4 Å². The second kappa shape index (κ2) is 10.5. The molecule has 0 fully saturated rings. The number of hydrogen-bond donors (Lipinski definition) is 1. The van der Waals surface area contributed by atoms with Crippen molar-refractivity contribution in [2.75, 3.05) is 24.7 Å². The SMILES string of the molecule is CCCN(c1ccc(OCC(=O)OCC)cc1O)[C@@H](CC)c1ccccc1. The molecule has 2 aromatic carbocycles. The first kappa shape index (κ1) is 20.6. The molecule has 0 radical (unpaired) electrons. The quantitative estimate of drug-likeness (QED) is 0.613. The summed E-state index contributed by atoms with van der Waals surface area (Å²) in [7, 11) is 0. The van der Waals surface area contributed by atoms with Crippen LogP contribution in [0.5, 0.6) is 11.5 Å². The second-order valence-corrected chi connectivity index (χ2v) is 6.27. The Kier molecular flexibility index (Phi) is 7.99. The Morgan fingerprint density at radius 1 is 1.11 bits per heavy atom. The molecule has 0 aliphatic carbocycles. The molecule has 0 saturated heterocycles. The number of carbonyl (C=O) groups excluding carboxylic acids is 1. The molecule has 146 valence electrons. The zero-order valence-electron chi connectivity index (χ0n) is 16.4. The molecule has 0 aliphatic rings. The highest BCUT2D eigenvalue weighted by Gasteiger charge is 2.21. The van der Waals surface area contributed by atoms with Crippen LogP contribution in [-0.4, -0.2) is 30.8 Å². The summed E-state index contributed by atoms with van der Waals surface area (Å²) in [6.07, 6.45) is 1.88. The van der Waals surface area contributed by atoms with E-state index >= 15 is 0 Å². The van der Waals surface area contributed by atoms with Gasteiger partial charge in [-0.2, -0.15) is 0 Å². The fraction of sp³-hybridized carbons (Fsp3) is 0.409. The van der Waals surface area contributed by atoms with E-state index in [2.05, 4.69) is 30.9 Å².